The van der Waals surface area contributed by atoms with E-state index < -0.39 is 23.7 Å². The van der Waals surface area contributed by atoms with Crippen LogP contribution in [0.1, 0.15) is 32.6 Å². The van der Waals surface area contributed by atoms with Crippen molar-refractivity contribution in [3.05, 3.63) is 0 Å². The zero-order valence-corrected chi connectivity index (χ0v) is 11.4. The minimum absolute atomic E-state index is 0.0584. The number of carboxylic acids is 1. The van der Waals surface area contributed by atoms with Gasteiger partial charge in [0, 0.05) is 19.1 Å². The van der Waals surface area contributed by atoms with Gasteiger partial charge < -0.3 is 9.84 Å². The van der Waals surface area contributed by atoms with Crippen LogP contribution in [0.2, 0.25) is 0 Å². The van der Waals surface area contributed by atoms with Crippen molar-refractivity contribution in [2.75, 3.05) is 19.7 Å². The lowest BCUT2D eigenvalue weighted by Crippen LogP contribution is -2.65. The van der Waals surface area contributed by atoms with Crippen molar-refractivity contribution in [3.63, 3.8) is 0 Å². The van der Waals surface area contributed by atoms with Crippen molar-refractivity contribution in [3.8, 4) is 0 Å². The fraction of sp³-hybridized carbons (Fsp3) is 0.923. The molecule has 2 fully saturated rings. The Kier molecular flexibility index (Phi) is 4.30. The lowest BCUT2D eigenvalue weighted by atomic mass is 9.81. The number of hydrogen-bond donors (Lipinski definition) is 1. The van der Waals surface area contributed by atoms with Crippen LogP contribution in [0.4, 0.5) is 13.2 Å². The molecule has 0 aromatic carbocycles. The molecule has 0 aromatic rings. The Bertz CT molecular complexity index is 366. The van der Waals surface area contributed by atoms with E-state index in [4.69, 9.17) is 9.84 Å². The quantitative estimate of drug-likeness (QED) is 0.864. The Morgan fingerprint density at radius 3 is 2.60 bits per heavy atom. The second-order valence-corrected chi connectivity index (χ2v) is 6.10. The molecule has 2 aliphatic rings. The monoisotopic (exact) mass is 295 g/mol. The van der Waals surface area contributed by atoms with Crippen molar-refractivity contribution in [2.24, 2.45) is 5.92 Å². The number of carboxylic acid groups (broad SMARTS) is 1. The lowest BCUT2D eigenvalue weighted by molar-refractivity contribution is -0.199. The first kappa shape index (κ1) is 15.6. The van der Waals surface area contributed by atoms with Crippen molar-refractivity contribution < 1.29 is 27.8 Å². The number of hydrogen-bond acceptors (Lipinski definition) is 3. The third-order valence-electron chi connectivity index (χ3n) is 4.25. The molecule has 2 rings (SSSR count). The van der Waals surface area contributed by atoms with Gasteiger partial charge in [-0.1, -0.05) is 6.42 Å². The summed E-state index contributed by atoms with van der Waals surface area (Å²) in [7, 11) is 0. The number of nitrogens with zero attached hydrogens (tertiary/aromatic N) is 1. The summed E-state index contributed by atoms with van der Waals surface area (Å²) in [4.78, 5) is 12.4. The molecule has 0 radical (unpaired) electrons. The Balaban J connectivity index is 1.81. The molecule has 1 saturated carbocycles. The van der Waals surface area contributed by atoms with E-state index in [1.807, 2.05) is 4.90 Å². The van der Waals surface area contributed by atoms with E-state index >= 15 is 0 Å². The van der Waals surface area contributed by atoms with Gasteiger partial charge in [0.15, 0.2) is 0 Å². The number of halogens is 3. The number of aliphatic carboxylic acids is 1. The molecule has 1 N–H and O–H groups in total. The summed E-state index contributed by atoms with van der Waals surface area (Å²) < 4.78 is 43.5. The van der Waals surface area contributed by atoms with Gasteiger partial charge in [0.05, 0.1) is 11.5 Å². The first-order valence-corrected chi connectivity index (χ1v) is 6.86. The molecule has 0 spiro atoms. The topological polar surface area (TPSA) is 49.8 Å². The van der Waals surface area contributed by atoms with Crippen LogP contribution in [0.3, 0.4) is 0 Å². The van der Waals surface area contributed by atoms with Crippen LogP contribution in [0, 0.1) is 5.92 Å². The molecular formula is C13H20F3NO3. The highest BCUT2D eigenvalue weighted by Crippen LogP contribution is 2.41. The van der Waals surface area contributed by atoms with Gasteiger partial charge in [0.25, 0.3) is 0 Å². The Morgan fingerprint density at radius 2 is 2.05 bits per heavy atom. The number of alkyl halides is 3. The van der Waals surface area contributed by atoms with E-state index in [0.717, 1.165) is 6.42 Å². The van der Waals surface area contributed by atoms with Crippen molar-refractivity contribution in [1.82, 2.24) is 4.90 Å². The molecule has 1 aliphatic carbocycles. The highest BCUT2D eigenvalue weighted by molar-refractivity contribution is 5.68. The van der Waals surface area contributed by atoms with Gasteiger partial charge in [-0.25, -0.2) is 4.79 Å². The Labute approximate surface area is 115 Å². The Morgan fingerprint density at radius 1 is 1.40 bits per heavy atom. The van der Waals surface area contributed by atoms with Gasteiger partial charge in [0.2, 0.25) is 0 Å². The predicted octanol–water partition coefficient (Wildman–Crippen LogP) is 2.28. The summed E-state index contributed by atoms with van der Waals surface area (Å²) in [6.07, 6.45) is -2.36. The number of carbonyl (C=O) groups is 1. The summed E-state index contributed by atoms with van der Waals surface area (Å²) in [6.45, 7) is 2.46. The predicted molar refractivity (Wildman–Crippen MR) is 65.4 cm³/mol. The van der Waals surface area contributed by atoms with Gasteiger partial charge >= 0.3 is 12.1 Å². The first-order valence-electron chi connectivity index (χ1n) is 6.86. The molecular weight excluding hydrogens is 275 g/mol. The summed E-state index contributed by atoms with van der Waals surface area (Å²) in [5.41, 5.74) is -0.538. The molecule has 116 valence electrons. The average Bonchev–Trinajstić information content (AvgIpc) is 2.32. The summed E-state index contributed by atoms with van der Waals surface area (Å²) in [5, 5.41) is 8.57. The molecule has 2 atom stereocenters. The van der Waals surface area contributed by atoms with Crippen LogP contribution >= 0.6 is 0 Å². The number of ether oxygens (including phenoxy) is 1. The van der Waals surface area contributed by atoms with Crippen molar-refractivity contribution in [2.45, 2.75) is 50.4 Å². The van der Waals surface area contributed by atoms with Gasteiger partial charge in [0.1, 0.15) is 6.61 Å². The van der Waals surface area contributed by atoms with Crippen molar-refractivity contribution in [1.29, 1.82) is 0 Å². The molecule has 4 nitrogen and oxygen atoms in total. The summed E-state index contributed by atoms with van der Waals surface area (Å²) in [6, 6.07) is -0.0584. The maximum absolute atomic E-state index is 12.8. The SMILES string of the molecule is CC1(OCC(=O)O)CN(C2CCCC(C(F)(F)F)C2)C1. The van der Waals surface area contributed by atoms with E-state index in [9.17, 15) is 18.0 Å². The van der Waals surface area contributed by atoms with Crippen LogP contribution in [0.5, 0.6) is 0 Å². The minimum atomic E-state index is -4.10. The number of likely N-dealkylation sites (tertiary alicyclic amines) is 1. The molecule has 0 bridgehead atoms. The smallest absolute Gasteiger partial charge is 0.391 e. The highest BCUT2D eigenvalue weighted by Gasteiger charge is 2.48. The van der Waals surface area contributed by atoms with Crippen LogP contribution in [-0.4, -0.2) is 53.5 Å². The second kappa shape index (κ2) is 5.52. The summed E-state index contributed by atoms with van der Waals surface area (Å²) >= 11 is 0. The average molecular weight is 295 g/mol. The zero-order valence-electron chi connectivity index (χ0n) is 11.4. The summed E-state index contributed by atoms with van der Waals surface area (Å²) in [5.74, 6) is -2.23. The normalized spacial score (nSPS) is 30.8. The number of rotatable bonds is 4. The van der Waals surface area contributed by atoms with E-state index in [-0.39, 0.29) is 25.5 Å². The Hall–Kier alpha value is -0.820. The van der Waals surface area contributed by atoms with Crippen LogP contribution in [0.15, 0.2) is 0 Å². The van der Waals surface area contributed by atoms with Crippen LogP contribution in [-0.2, 0) is 9.53 Å². The first-order chi connectivity index (χ1) is 9.20. The molecule has 2 unspecified atom stereocenters. The van der Waals surface area contributed by atoms with Crippen molar-refractivity contribution >= 4 is 5.97 Å². The highest BCUT2D eigenvalue weighted by atomic mass is 19.4. The second-order valence-electron chi connectivity index (χ2n) is 6.10. The van der Waals surface area contributed by atoms with Gasteiger partial charge in [-0.3, -0.25) is 4.90 Å². The molecule has 7 heteroatoms. The van der Waals surface area contributed by atoms with Crippen LogP contribution < -0.4 is 0 Å². The zero-order chi connectivity index (χ0) is 15.0. The fourth-order valence-corrected chi connectivity index (χ4v) is 3.19. The van der Waals surface area contributed by atoms with E-state index in [2.05, 4.69) is 0 Å². The third-order valence-corrected chi connectivity index (χ3v) is 4.25. The molecule has 0 aromatic heterocycles. The third kappa shape index (κ3) is 3.63. The van der Waals surface area contributed by atoms with E-state index in [1.54, 1.807) is 6.92 Å². The lowest BCUT2D eigenvalue weighted by Gasteiger charge is -2.52. The molecule has 20 heavy (non-hydrogen) atoms. The molecule has 0 amide bonds. The maximum Gasteiger partial charge on any atom is 0.391 e. The molecule has 1 saturated heterocycles. The maximum atomic E-state index is 12.8. The van der Waals surface area contributed by atoms with Crippen LogP contribution in [0.25, 0.3) is 0 Å². The largest absolute Gasteiger partial charge is 0.480 e. The van der Waals surface area contributed by atoms with Gasteiger partial charge in [-0.15, -0.1) is 0 Å². The molecule has 1 aliphatic heterocycles. The minimum Gasteiger partial charge on any atom is -0.480 e. The van der Waals surface area contributed by atoms with E-state index in [1.165, 1.54) is 0 Å². The van der Waals surface area contributed by atoms with Gasteiger partial charge in [-0.2, -0.15) is 13.2 Å². The van der Waals surface area contributed by atoms with E-state index in [0.29, 0.717) is 19.5 Å². The standard InChI is InChI=1S/C13H20F3NO3/c1-12(20-6-11(18)19)7-17(8-12)10-4-2-3-9(5-10)13(14,15)16/h9-10H,2-8H2,1H3,(H,18,19). The fourth-order valence-electron chi connectivity index (χ4n) is 3.19. The van der Waals surface area contributed by atoms with Gasteiger partial charge in [-0.05, 0) is 26.2 Å². The molecule has 1 heterocycles.